The van der Waals surface area contributed by atoms with Gasteiger partial charge in [0, 0.05) is 11.0 Å². The molecule has 0 aliphatic carbocycles. The summed E-state index contributed by atoms with van der Waals surface area (Å²) < 4.78 is 6.92. The SMILES string of the molecule is CCNc1cncc(Oc2ccc(Br)cc2C(C)C)n1. The molecular formula is C15H18BrN3O. The molecular weight excluding hydrogens is 318 g/mol. The normalized spacial score (nSPS) is 10.7. The molecule has 0 unspecified atom stereocenters. The number of anilines is 1. The van der Waals surface area contributed by atoms with Gasteiger partial charge in [-0.15, -0.1) is 0 Å². The van der Waals surface area contributed by atoms with Crippen molar-refractivity contribution in [3.63, 3.8) is 0 Å². The molecule has 0 amide bonds. The van der Waals surface area contributed by atoms with E-state index in [2.05, 4.69) is 51.1 Å². The van der Waals surface area contributed by atoms with Crippen LogP contribution in [0.4, 0.5) is 5.82 Å². The van der Waals surface area contributed by atoms with E-state index in [-0.39, 0.29) is 0 Å². The molecule has 0 radical (unpaired) electrons. The third-order valence-electron chi connectivity index (χ3n) is 2.78. The predicted molar refractivity (Wildman–Crippen MR) is 84.5 cm³/mol. The number of nitrogens with zero attached hydrogens (tertiary/aromatic N) is 2. The van der Waals surface area contributed by atoms with Crippen molar-refractivity contribution >= 4 is 21.7 Å². The van der Waals surface area contributed by atoms with Crippen LogP contribution in [-0.4, -0.2) is 16.5 Å². The van der Waals surface area contributed by atoms with Crippen LogP contribution in [0.2, 0.25) is 0 Å². The Balaban J connectivity index is 2.27. The van der Waals surface area contributed by atoms with Crippen molar-refractivity contribution in [2.24, 2.45) is 0 Å². The minimum atomic E-state index is 0.368. The maximum Gasteiger partial charge on any atom is 0.239 e. The molecule has 0 fully saturated rings. The van der Waals surface area contributed by atoms with Gasteiger partial charge in [0.2, 0.25) is 5.88 Å². The van der Waals surface area contributed by atoms with Gasteiger partial charge in [-0.3, -0.25) is 4.98 Å². The lowest BCUT2D eigenvalue weighted by Gasteiger charge is -2.14. The largest absolute Gasteiger partial charge is 0.437 e. The molecule has 20 heavy (non-hydrogen) atoms. The van der Waals surface area contributed by atoms with E-state index < -0.39 is 0 Å². The minimum absolute atomic E-state index is 0.368. The Bertz CT molecular complexity index is 587. The van der Waals surface area contributed by atoms with E-state index >= 15 is 0 Å². The lowest BCUT2D eigenvalue weighted by Crippen LogP contribution is -2.01. The van der Waals surface area contributed by atoms with E-state index in [9.17, 15) is 0 Å². The highest BCUT2D eigenvalue weighted by atomic mass is 79.9. The molecule has 1 aromatic carbocycles. The third kappa shape index (κ3) is 3.70. The molecule has 1 heterocycles. The Morgan fingerprint density at radius 3 is 2.80 bits per heavy atom. The summed E-state index contributed by atoms with van der Waals surface area (Å²) in [6.45, 7) is 7.08. The molecule has 0 atom stereocenters. The van der Waals surface area contributed by atoms with Gasteiger partial charge in [0.15, 0.2) is 0 Å². The number of benzene rings is 1. The van der Waals surface area contributed by atoms with Gasteiger partial charge in [-0.25, -0.2) is 0 Å². The first-order valence-electron chi connectivity index (χ1n) is 6.63. The number of hydrogen-bond acceptors (Lipinski definition) is 4. The second kappa shape index (κ2) is 6.70. The van der Waals surface area contributed by atoms with Gasteiger partial charge in [-0.05, 0) is 36.6 Å². The van der Waals surface area contributed by atoms with Crippen LogP contribution in [0.1, 0.15) is 32.3 Å². The standard InChI is InChI=1S/C15H18BrN3O/c1-4-18-14-8-17-9-15(19-14)20-13-6-5-11(16)7-12(13)10(2)3/h5-10H,4H2,1-3H3,(H,18,19). The van der Waals surface area contributed by atoms with Gasteiger partial charge < -0.3 is 10.1 Å². The summed E-state index contributed by atoms with van der Waals surface area (Å²) in [5.74, 6) is 2.39. The van der Waals surface area contributed by atoms with Crippen LogP contribution >= 0.6 is 15.9 Å². The molecule has 1 aromatic heterocycles. The summed E-state index contributed by atoms with van der Waals surface area (Å²) in [6.07, 6.45) is 3.30. The number of halogens is 1. The van der Waals surface area contributed by atoms with Crippen molar-refractivity contribution in [3.05, 3.63) is 40.6 Å². The zero-order chi connectivity index (χ0) is 14.5. The average molecular weight is 336 g/mol. The van der Waals surface area contributed by atoms with Gasteiger partial charge >= 0.3 is 0 Å². The van der Waals surface area contributed by atoms with Gasteiger partial charge in [0.1, 0.15) is 11.6 Å². The Morgan fingerprint density at radius 2 is 2.10 bits per heavy atom. The zero-order valence-corrected chi connectivity index (χ0v) is 13.4. The second-order valence-electron chi connectivity index (χ2n) is 4.71. The molecule has 5 heteroatoms. The molecule has 2 aromatic rings. The fraction of sp³-hybridized carbons (Fsp3) is 0.333. The first-order valence-corrected chi connectivity index (χ1v) is 7.42. The number of nitrogens with one attached hydrogen (secondary N) is 1. The monoisotopic (exact) mass is 335 g/mol. The van der Waals surface area contributed by atoms with Gasteiger partial charge in [-0.2, -0.15) is 4.98 Å². The fourth-order valence-corrected chi connectivity index (χ4v) is 2.22. The summed E-state index contributed by atoms with van der Waals surface area (Å²) in [5, 5.41) is 3.12. The molecule has 0 aliphatic rings. The molecule has 0 saturated carbocycles. The van der Waals surface area contributed by atoms with Crippen molar-refractivity contribution in [1.29, 1.82) is 0 Å². The van der Waals surface area contributed by atoms with Gasteiger partial charge in [0.25, 0.3) is 0 Å². The highest BCUT2D eigenvalue weighted by Crippen LogP contribution is 2.32. The fourth-order valence-electron chi connectivity index (χ4n) is 1.84. The van der Waals surface area contributed by atoms with Crippen molar-refractivity contribution < 1.29 is 4.74 Å². The molecule has 0 bridgehead atoms. The lowest BCUT2D eigenvalue weighted by atomic mass is 10.0. The Kier molecular flexibility index (Phi) is 4.95. The highest BCUT2D eigenvalue weighted by Gasteiger charge is 2.10. The van der Waals surface area contributed by atoms with Crippen LogP contribution in [-0.2, 0) is 0 Å². The number of ether oxygens (including phenoxy) is 1. The van der Waals surface area contributed by atoms with E-state index in [0.717, 1.165) is 22.3 Å². The Labute approximate surface area is 127 Å². The first-order chi connectivity index (χ1) is 9.60. The van der Waals surface area contributed by atoms with E-state index in [4.69, 9.17) is 4.74 Å². The average Bonchev–Trinajstić information content (AvgIpc) is 2.41. The molecule has 0 aliphatic heterocycles. The van der Waals surface area contributed by atoms with Crippen LogP contribution in [0.3, 0.4) is 0 Å². The maximum atomic E-state index is 5.88. The van der Waals surface area contributed by atoms with Crippen LogP contribution in [0.25, 0.3) is 0 Å². The van der Waals surface area contributed by atoms with Crippen molar-refractivity contribution in [2.45, 2.75) is 26.7 Å². The number of hydrogen-bond donors (Lipinski definition) is 1. The summed E-state index contributed by atoms with van der Waals surface area (Å²) >= 11 is 3.49. The molecule has 0 spiro atoms. The second-order valence-corrected chi connectivity index (χ2v) is 5.63. The number of rotatable bonds is 5. The summed E-state index contributed by atoms with van der Waals surface area (Å²) in [6, 6.07) is 5.98. The first kappa shape index (κ1) is 14.8. The van der Waals surface area contributed by atoms with Gasteiger partial charge in [0.05, 0.1) is 12.4 Å². The quantitative estimate of drug-likeness (QED) is 0.868. The van der Waals surface area contributed by atoms with Crippen LogP contribution in [0, 0.1) is 0 Å². The van der Waals surface area contributed by atoms with E-state index in [0.29, 0.717) is 17.6 Å². The molecule has 4 nitrogen and oxygen atoms in total. The van der Waals surface area contributed by atoms with E-state index in [1.165, 1.54) is 0 Å². The highest BCUT2D eigenvalue weighted by molar-refractivity contribution is 9.10. The smallest absolute Gasteiger partial charge is 0.239 e. The maximum absolute atomic E-state index is 5.88. The topological polar surface area (TPSA) is 47.0 Å². The van der Waals surface area contributed by atoms with Crippen molar-refractivity contribution in [2.75, 3.05) is 11.9 Å². The Hall–Kier alpha value is -1.62. The third-order valence-corrected chi connectivity index (χ3v) is 3.27. The Morgan fingerprint density at radius 1 is 1.30 bits per heavy atom. The van der Waals surface area contributed by atoms with Crippen LogP contribution < -0.4 is 10.1 Å². The van der Waals surface area contributed by atoms with Crippen LogP contribution in [0.5, 0.6) is 11.6 Å². The van der Waals surface area contributed by atoms with E-state index in [1.807, 2.05) is 19.1 Å². The number of aromatic nitrogens is 2. The summed E-state index contributed by atoms with van der Waals surface area (Å²) in [7, 11) is 0. The van der Waals surface area contributed by atoms with Gasteiger partial charge in [-0.1, -0.05) is 29.8 Å². The van der Waals surface area contributed by atoms with Crippen molar-refractivity contribution in [1.82, 2.24) is 9.97 Å². The van der Waals surface area contributed by atoms with Crippen LogP contribution in [0.15, 0.2) is 35.1 Å². The van der Waals surface area contributed by atoms with E-state index in [1.54, 1.807) is 12.4 Å². The lowest BCUT2D eigenvalue weighted by molar-refractivity contribution is 0.452. The molecule has 0 saturated heterocycles. The molecule has 106 valence electrons. The molecule has 1 N–H and O–H groups in total. The molecule has 2 rings (SSSR count). The zero-order valence-electron chi connectivity index (χ0n) is 11.9. The minimum Gasteiger partial charge on any atom is -0.437 e. The summed E-state index contributed by atoms with van der Waals surface area (Å²) in [4.78, 5) is 8.51. The van der Waals surface area contributed by atoms with Crippen molar-refractivity contribution in [3.8, 4) is 11.6 Å². The summed E-state index contributed by atoms with van der Waals surface area (Å²) in [5.41, 5.74) is 1.13. The predicted octanol–water partition coefficient (Wildman–Crippen LogP) is 4.59.